The van der Waals surface area contributed by atoms with E-state index in [1.165, 1.54) is 24.3 Å². The van der Waals surface area contributed by atoms with Gasteiger partial charge in [0, 0.05) is 24.3 Å². The second-order valence-corrected chi connectivity index (χ2v) is 11.6. The number of aliphatic hydroxyl groups excluding tert-OH is 4. The third kappa shape index (κ3) is 14.2. The maximum Gasteiger partial charge on any atom is 0.326 e. The molecular weight excluding hydrogens is 680 g/mol. The van der Waals surface area contributed by atoms with Gasteiger partial charge in [0.1, 0.15) is 48.8 Å². The van der Waals surface area contributed by atoms with E-state index >= 15 is 0 Å². The van der Waals surface area contributed by atoms with Gasteiger partial charge in [0.2, 0.25) is 29.9 Å². The van der Waals surface area contributed by atoms with Gasteiger partial charge in [-0.15, -0.1) is 11.8 Å². The van der Waals surface area contributed by atoms with E-state index in [2.05, 4.69) is 21.3 Å². The Bertz CT molecular complexity index is 1330. The van der Waals surface area contributed by atoms with Crippen molar-refractivity contribution in [2.75, 3.05) is 30.0 Å². The van der Waals surface area contributed by atoms with Gasteiger partial charge in [0.05, 0.1) is 18.8 Å². The Balaban J connectivity index is 1.90. The molecular formula is C28H38N4O16S. The highest BCUT2D eigenvalue weighted by atomic mass is 32.2. The molecule has 1 aliphatic heterocycles. The number of aliphatic carboxylic acids is 3. The van der Waals surface area contributed by atoms with Crippen LogP contribution in [0.4, 0.5) is 5.69 Å². The lowest BCUT2D eigenvalue weighted by Crippen LogP contribution is -2.60. The summed E-state index contributed by atoms with van der Waals surface area (Å²) in [5.41, 5.74) is 0.304. The van der Waals surface area contributed by atoms with E-state index < -0.39 is 123 Å². The maximum atomic E-state index is 12.6. The Kier molecular flexibility index (Phi) is 16.7. The fourth-order valence-electron chi connectivity index (χ4n) is 4.14. The van der Waals surface area contributed by atoms with E-state index in [1.807, 2.05) is 0 Å². The van der Waals surface area contributed by atoms with Gasteiger partial charge in [-0.05, 0) is 30.7 Å². The number of rotatable bonds is 20. The first kappa shape index (κ1) is 40.6. The number of thioether (sulfide) groups is 1. The fraction of sp³-hybridized carbons (Fsp3) is 0.536. The number of hydrogen-bond acceptors (Lipinski definition) is 14. The Morgan fingerprint density at radius 1 is 0.796 bits per heavy atom. The molecule has 0 aliphatic carbocycles. The number of anilines is 1. The molecule has 1 heterocycles. The number of carbonyl (C=O) groups excluding carboxylic acids is 4. The van der Waals surface area contributed by atoms with Crippen molar-refractivity contribution in [3.05, 3.63) is 24.3 Å². The summed E-state index contributed by atoms with van der Waals surface area (Å²) in [4.78, 5) is 82.4. The first-order valence-corrected chi connectivity index (χ1v) is 15.7. The van der Waals surface area contributed by atoms with Crippen LogP contribution in [0.3, 0.4) is 0 Å². The highest BCUT2D eigenvalue weighted by Gasteiger charge is 2.44. The molecule has 1 saturated heterocycles. The van der Waals surface area contributed by atoms with Gasteiger partial charge in [-0.3, -0.25) is 28.8 Å². The zero-order valence-corrected chi connectivity index (χ0v) is 26.5. The summed E-state index contributed by atoms with van der Waals surface area (Å²) in [6.07, 6.45) is -9.31. The minimum atomic E-state index is -1.63. The Hall–Kier alpha value is -4.54. The summed E-state index contributed by atoms with van der Waals surface area (Å²) in [5, 5.41) is 75.2. The van der Waals surface area contributed by atoms with Crippen LogP contribution in [-0.2, 0) is 38.3 Å². The molecule has 20 nitrogen and oxygen atoms in total. The van der Waals surface area contributed by atoms with Crippen molar-refractivity contribution in [2.24, 2.45) is 0 Å². The second-order valence-electron chi connectivity index (χ2n) is 10.5. The lowest BCUT2D eigenvalue weighted by molar-refractivity contribution is -0.277. The number of carboxylic acids is 3. The molecule has 1 fully saturated rings. The normalized spacial score (nSPS) is 21.3. The van der Waals surface area contributed by atoms with Crippen LogP contribution in [0.15, 0.2) is 24.3 Å². The summed E-state index contributed by atoms with van der Waals surface area (Å²) in [7, 11) is 0. The zero-order chi connectivity index (χ0) is 36.7. The molecule has 0 radical (unpaired) electrons. The molecule has 1 aromatic carbocycles. The van der Waals surface area contributed by atoms with Crippen LogP contribution in [0.25, 0.3) is 0 Å². The molecule has 0 aromatic heterocycles. The van der Waals surface area contributed by atoms with Crippen molar-refractivity contribution < 1.29 is 78.8 Å². The highest BCUT2D eigenvalue weighted by molar-refractivity contribution is 8.00. The Morgan fingerprint density at radius 3 is 2.02 bits per heavy atom. The van der Waals surface area contributed by atoms with E-state index in [0.29, 0.717) is 5.69 Å². The first-order chi connectivity index (χ1) is 23.1. The summed E-state index contributed by atoms with van der Waals surface area (Å²) in [6, 6.07) is 2.81. The van der Waals surface area contributed by atoms with Crippen LogP contribution in [0.1, 0.15) is 25.7 Å². The number of ether oxygens (including phenoxy) is 2. The van der Waals surface area contributed by atoms with Gasteiger partial charge >= 0.3 is 17.9 Å². The standard InChI is InChI=1S/C28H38N4O16S/c33-10-17-23(41)24(42)25(43)28(48-17)47-14-3-1-13(2-4-14)30-20(36)12-49-11-16(26(44)29-9-22(39)40)32-18(34)6-5-15(27(45)46)31-19(35)7-8-21(37)38/h1-4,15-17,23-25,28,33,41-43H,5-12H2,(H,29,44)(H,30,36)(H,31,35)(H,32,34)(H,37,38)(H,39,40)(H,45,46)/t15-,16-,17+,23+,24-,25-,28-/m0/s1. The smallest absolute Gasteiger partial charge is 0.326 e. The Labute approximate surface area is 282 Å². The minimum absolute atomic E-state index is 0.151. The van der Waals surface area contributed by atoms with Crippen LogP contribution in [0.5, 0.6) is 5.75 Å². The van der Waals surface area contributed by atoms with Crippen molar-refractivity contribution in [3.8, 4) is 5.75 Å². The average molecular weight is 719 g/mol. The van der Waals surface area contributed by atoms with Gasteiger partial charge in [-0.1, -0.05) is 0 Å². The molecule has 0 saturated carbocycles. The van der Waals surface area contributed by atoms with Crippen molar-refractivity contribution in [1.82, 2.24) is 16.0 Å². The zero-order valence-electron chi connectivity index (χ0n) is 25.7. The third-order valence-corrected chi connectivity index (χ3v) is 7.72. The monoisotopic (exact) mass is 718 g/mol. The SMILES string of the molecule is O=C(O)CCC(=O)N[C@@H](CCC(=O)N[C@@H](CSCC(=O)Nc1ccc(O[C@H]2O[C@H](CO)[C@@H](O)[C@H](O)[C@@H]2O)cc1)C(=O)NCC(=O)O)C(=O)O. The largest absolute Gasteiger partial charge is 0.481 e. The molecule has 21 heteroatoms. The number of hydrogen-bond donors (Lipinski definition) is 11. The first-order valence-electron chi connectivity index (χ1n) is 14.6. The average Bonchev–Trinajstić information content (AvgIpc) is 3.04. The van der Waals surface area contributed by atoms with E-state index in [0.717, 1.165) is 11.8 Å². The molecule has 1 aliphatic rings. The van der Waals surface area contributed by atoms with Crippen LogP contribution >= 0.6 is 11.8 Å². The van der Waals surface area contributed by atoms with E-state index in [-0.39, 0.29) is 17.3 Å². The summed E-state index contributed by atoms with van der Waals surface area (Å²) < 4.78 is 10.8. The van der Waals surface area contributed by atoms with Crippen molar-refractivity contribution in [1.29, 1.82) is 0 Å². The minimum Gasteiger partial charge on any atom is -0.481 e. The van der Waals surface area contributed by atoms with Crippen LogP contribution in [-0.4, -0.2) is 145 Å². The van der Waals surface area contributed by atoms with Crippen LogP contribution in [0, 0.1) is 0 Å². The molecule has 4 amide bonds. The van der Waals surface area contributed by atoms with Crippen molar-refractivity contribution in [3.63, 3.8) is 0 Å². The lowest BCUT2D eigenvalue weighted by Gasteiger charge is -2.39. The number of amides is 4. The molecule has 272 valence electrons. The van der Waals surface area contributed by atoms with E-state index in [4.69, 9.17) is 19.7 Å². The molecule has 1 aromatic rings. The molecule has 49 heavy (non-hydrogen) atoms. The van der Waals surface area contributed by atoms with Gasteiger partial charge in [-0.2, -0.15) is 0 Å². The van der Waals surface area contributed by atoms with Gasteiger partial charge in [-0.25, -0.2) is 4.79 Å². The predicted octanol–water partition coefficient (Wildman–Crippen LogP) is -3.56. The highest BCUT2D eigenvalue weighted by Crippen LogP contribution is 2.25. The fourth-order valence-corrected chi connectivity index (χ4v) is 4.98. The van der Waals surface area contributed by atoms with Crippen LogP contribution in [0.2, 0.25) is 0 Å². The van der Waals surface area contributed by atoms with Crippen molar-refractivity contribution in [2.45, 2.75) is 68.5 Å². The molecule has 11 N–H and O–H groups in total. The topological polar surface area (TPSA) is 328 Å². The number of nitrogens with one attached hydrogen (secondary N) is 4. The van der Waals surface area contributed by atoms with E-state index in [1.54, 1.807) is 0 Å². The molecule has 0 bridgehead atoms. The summed E-state index contributed by atoms with van der Waals surface area (Å²) >= 11 is 0.900. The summed E-state index contributed by atoms with van der Waals surface area (Å²) in [6.45, 7) is -1.41. The predicted molar refractivity (Wildman–Crippen MR) is 165 cm³/mol. The van der Waals surface area contributed by atoms with Gasteiger partial charge < -0.3 is 66.5 Å². The molecule has 0 spiro atoms. The number of aliphatic hydroxyl groups is 4. The summed E-state index contributed by atoms with van der Waals surface area (Å²) in [5.74, 6) is -7.50. The number of benzene rings is 1. The quantitative estimate of drug-likeness (QED) is 0.0621. The number of carboxylic acid groups (broad SMARTS) is 3. The van der Waals surface area contributed by atoms with E-state index in [9.17, 15) is 59.1 Å². The molecule has 7 atom stereocenters. The molecule has 2 rings (SSSR count). The third-order valence-electron chi connectivity index (χ3n) is 6.68. The Morgan fingerprint density at radius 2 is 1.43 bits per heavy atom. The van der Waals surface area contributed by atoms with Crippen molar-refractivity contribution >= 4 is 59.0 Å². The second kappa shape index (κ2) is 20.1. The van der Waals surface area contributed by atoms with Gasteiger partial charge in [0.25, 0.3) is 0 Å². The van der Waals surface area contributed by atoms with Gasteiger partial charge in [0.15, 0.2) is 0 Å². The lowest BCUT2D eigenvalue weighted by atomic mass is 9.99. The maximum absolute atomic E-state index is 12.6. The number of carbonyl (C=O) groups is 7. The molecule has 0 unspecified atom stereocenters. The van der Waals surface area contributed by atoms with Crippen LogP contribution < -0.4 is 26.0 Å².